The van der Waals surface area contributed by atoms with Gasteiger partial charge in [-0.05, 0) is 37.5 Å². The minimum Gasteiger partial charge on any atom is -0.326 e. The number of benzene rings is 1. The van der Waals surface area contributed by atoms with Gasteiger partial charge in [-0.3, -0.25) is 4.79 Å². The van der Waals surface area contributed by atoms with Gasteiger partial charge in [-0.25, -0.2) is 13.4 Å². The fraction of sp³-hybridized carbons (Fsp3) is 0.550. The second kappa shape index (κ2) is 10.0. The van der Waals surface area contributed by atoms with E-state index >= 15 is 0 Å². The summed E-state index contributed by atoms with van der Waals surface area (Å²) in [5.74, 6) is 0. The summed E-state index contributed by atoms with van der Waals surface area (Å²) >= 11 is 0. The summed E-state index contributed by atoms with van der Waals surface area (Å²) < 4.78 is 26.2. The summed E-state index contributed by atoms with van der Waals surface area (Å²) in [5.41, 5.74) is 0.508. The molecule has 2 aromatic rings. The van der Waals surface area contributed by atoms with Crippen LogP contribution in [0.5, 0.6) is 0 Å². The van der Waals surface area contributed by atoms with Crippen LogP contribution in [-0.4, -0.2) is 31.5 Å². The maximum absolute atomic E-state index is 13.1. The highest BCUT2D eigenvalue weighted by atomic mass is 32.2. The van der Waals surface area contributed by atoms with Gasteiger partial charge in [0, 0.05) is 29.6 Å². The zero-order chi connectivity index (χ0) is 19.9. The van der Waals surface area contributed by atoms with Crippen molar-refractivity contribution in [3.8, 4) is 0 Å². The highest BCUT2D eigenvalue weighted by Crippen LogP contribution is 2.22. The van der Waals surface area contributed by atoms with Crippen molar-refractivity contribution in [2.45, 2.75) is 64.2 Å². The normalized spacial score (nSPS) is 12.1. The van der Waals surface area contributed by atoms with Gasteiger partial charge in [0.2, 0.25) is 0 Å². The Morgan fingerprint density at radius 2 is 1.67 bits per heavy atom. The summed E-state index contributed by atoms with van der Waals surface area (Å²) in [7, 11) is -3.77. The number of aryl methyl sites for hydroxylation is 1. The van der Waals surface area contributed by atoms with Crippen molar-refractivity contribution in [3.05, 3.63) is 40.3 Å². The first-order valence-corrected chi connectivity index (χ1v) is 11.3. The lowest BCUT2D eigenvalue weighted by atomic mass is 10.1. The summed E-state index contributed by atoms with van der Waals surface area (Å²) in [6.45, 7) is 7.52. The highest BCUT2D eigenvalue weighted by molar-refractivity contribution is 7.89. The fourth-order valence-corrected chi connectivity index (χ4v) is 4.41. The highest BCUT2D eigenvalue weighted by Gasteiger charge is 2.21. The number of unbranched alkanes of at least 4 members (excludes halogenated alkanes) is 2. The molecule has 0 saturated carbocycles. The largest absolute Gasteiger partial charge is 0.326 e. The van der Waals surface area contributed by atoms with Crippen LogP contribution in [0, 0.1) is 0 Å². The molecule has 0 atom stereocenters. The standard InChI is InChI=1S/C20H31N3O3S/c1-4-7-13-23(14-8-5-2)22-27(25,26)19-12-9-11-17-18(19)15-16(10-6-3)21-20(17)24/h9,11-12,15,22H,4-8,10,13-14H2,1-3H3,(H,21,24). The quantitative estimate of drug-likeness (QED) is 0.572. The average molecular weight is 394 g/mol. The lowest BCUT2D eigenvalue weighted by Gasteiger charge is -2.23. The Morgan fingerprint density at radius 3 is 2.26 bits per heavy atom. The maximum atomic E-state index is 13.1. The number of hydrazine groups is 1. The summed E-state index contributed by atoms with van der Waals surface area (Å²) in [6, 6.07) is 6.64. The molecule has 150 valence electrons. The Balaban J connectivity index is 2.44. The lowest BCUT2D eigenvalue weighted by Crippen LogP contribution is -2.43. The number of hydrogen-bond donors (Lipinski definition) is 2. The predicted octanol–water partition coefficient (Wildman–Crippen LogP) is 3.58. The molecule has 1 aromatic heterocycles. The Morgan fingerprint density at radius 1 is 1.00 bits per heavy atom. The Bertz CT molecular complexity index is 898. The maximum Gasteiger partial charge on any atom is 0.256 e. The third kappa shape index (κ3) is 5.64. The molecule has 0 bridgehead atoms. The first-order valence-electron chi connectivity index (χ1n) is 9.85. The number of fused-ring (bicyclic) bond motifs is 1. The van der Waals surface area contributed by atoms with Gasteiger partial charge in [-0.15, -0.1) is 4.83 Å². The minimum atomic E-state index is -3.77. The van der Waals surface area contributed by atoms with Crippen LogP contribution < -0.4 is 10.4 Å². The van der Waals surface area contributed by atoms with E-state index in [2.05, 4.69) is 23.7 Å². The Labute approximate surface area is 162 Å². The first-order chi connectivity index (χ1) is 12.9. The van der Waals surface area contributed by atoms with Gasteiger partial charge in [0.25, 0.3) is 15.6 Å². The third-order valence-corrected chi connectivity index (χ3v) is 5.96. The number of nitrogens with one attached hydrogen (secondary N) is 2. The third-order valence-electron chi connectivity index (χ3n) is 4.52. The van der Waals surface area contributed by atoms with Crippen LogP contribution in [0.4, 0.5) is 0 Å². The van der Waals surface area contributed by atoms with Crippen molar-refractivity contribution in [2.24, 2.45) is 0 Å². The molecule has 0 radical (unpaired) electrons. The number of nitrogens with zero attached hydrogens (tertiary/aromatic N) is 1. The molecule has 2 rings (SSSR count). The molecule has 27 heavy (non-hydrogen) atoms. The SMILES string of the molecule is CCCCN(CCCC)NS(=O)(=O)c1cccc2c(=O)[nH]c(CCC)cc12. The molecule has 0 aliphatic carbocycles. The van der Waals surface area contributed by atoms with Gasteiger partial charge < -0.3 is 4.98 Å². The van der Waals surface area contributed by atoms with Crippen LogP contribution in [0.1, 0.15) is 58.6 Å². The number of aromatic nitrogens is 1. The Hall–Kier alpha value is -1.70. The van der Waals surface area contributed by atoms with E-state index in [4.69, 9.17) is 0 Å². The summed E-state index contributed by atoms with van der Waals surface area (Å²) in [4.78, 5) is 18.1. The lowest BCUT2D eigenvalue weighted by molar-refractivity contribution is 0.233. The van der Waals surface area contributed by atoms with E-state index in [-0.39, 0.29) is 10.5 Å². The fourth-order valence-electron chi connectivity index (χ4n) is 3.07. The number of rotatable bonds is 11. The van der Waals surface area contributed by atoms with E-state index in [1.165, 1.54) is 0 Å². The van der Waals surface area contributed by atoms with Gasteiger partial charge in [0.05, 0.1) is 4.90 Å². The van der Waals surface area contributed by atoms with Crippen molar-refractivity contribution in [2.75, 3.05) is 13.1 Å². The van der Waals surface area contributed by atoms with Crippen molar-refractivity contribution in [1.29, 1.82) is 0 Å². The number of hydrogen-bond acceptors (Lipinski definition) is 4. The second-order valence-corrected chi connectivity index (χ2v) is 8.51. The topological polar surface area (TPSA) is 82.3 Å². The molecule has 0 spiro atoms. The van der Waals surface area contributed by atoms with E-state index in [0.29, 0.717) is 30.3 Å². The average Bonchev–Trinajstić information content (AvgIpc) is 2.63. The Kier molecular flexibility index (Phi) is 8.01. The monoisotopic (exact) mass is 393 g/mol. The molecule has 6 nitrogen and oxygen atoms in total. The van der Waals surface area contributed by atoms with E-state index < -0.39 is 10.0 Å². The van der Waals surface area contributed by atoms with E-state index in [1.54, 1.807) is 29.3 Å². The van der Waals surface area contributed by atoms with Gasteiger partial charge in [0.1, 0.15) is 0 Å². The van der Waals surface area contributed by atoms with Gasteiger partial charge in [-0.1, -0.05) is 46.1 Å². The molecular weight excluding hydrogens is 362 g/mol. The molecule has 7 heteroatoms. The second-order valence-electron chi connectivity index (χ2n) is 6.88. The number of sulfonamides is 1. The molecule has 0 aliphatic heterocycles. The molecule has 1 heterocycles. The molecule has 0 saturated heterocycles. The van der Waals surface area contributed by atoms with Crippen LogP contribution in [0.3, 0.4) is 0 Å². The predicted molar refractivity (Wildman–Crippen MR) is 110 cm³/mol. The van der Waals surface area contributed by atoms with Crippen molar-refractivity contribution in [1.82, 2.24) is 14.8 Å². The van der Waals surface area contributed by atoms with Crippen LogP contribution in [-0.2, 0) is 16.4 Å². The molecular formula is C20H31N3O3S. The molecule has 0 fully saturated rings. The van der Waals surface area contributed by atoms with Gasteiger partial charge >= 0.3 is 0 Å². The zero-order valence-electron chi connectivity index (χ0n) is 16.5. The van der Waals surface area contributed by atoms with Crippen LogP contribution >= 0.6 is 0 Å². The first kappa shape index (κ1) is 21.6. The summed E-state index contributed by atoms with van der Waals surface area (Å²) in [6.07, 6.45) is 5.40. The van der Waals surface area contributed by atoms with Crippen molar-refractivity contribution >= 4 is 20.8 Å². The molecule has 0 aliphatic rings. The molecule has 0 amide bonds. The number of aromatic amines is 1. The van der Waals surface area contributed by atoms with Crippen molar-refractivity contribution in [3.63, 3.8) is 0 Å². The molecule has 2 N–H and O–H groups in total. The van der Waals surface area contributed by atoms with Crippen LogP contribution in [0.2, 0.25) is 0 Å². The van der Waals surface area contributed by atoms with E-state index in [1.807, 2.05) is 6.92 Å². The molecule has 0 unspecified atom stereocenters. The van der Waals surface area contributed by atoms with E-state index in [0.717, 1.165) is 37.8 Å². The minimum absolute atomic E-state index is 0.154. The molecule has 1 aromatic carbocycles. The van der Waals surface area contributed by atoms with Crippen LogP contribution in [0.25, 0.3) is 10.8 Å². The van der Waals surface area contributed by atoms with E-state index in [9.17, 15) is 13.2 Å². The smallest absolute Gasteiger partial charge is 0.256 e. The number of pyridine rings is 1. The zero-order valence-corrected chi connectivity index (χ0v) is 17.4. The van der Waals surface area contributed by atoms with Crippen molar-refractivity contribution < 1.29 is 8.42 Å². The van der Waals surface area contributed by atoms with Gasteiger partial charge in [0.15, 0.2) is 0 Å². The summed E-state index contributed by atoms with van der Waals surface area (Å²) in [5, 5.41) is 2.65. The van der Waals surface area contributed by atoms with Crippen LogP contribution in [0.15, 0.2) is 34.0 Å². The van der Waals surface area contributed by atoms with Gasteiger partial charge in [-0.2, -0.15) is 0 Å². The number of H-pyrrole nitrogens is 1.